The van der Waals surface area contributed by atoms with Crippen molar-refractivity contribution in [2.24, 2.45) is 0 Å². The predicted octanol–water partition coefficient (Wildman–Crippen LogP) is 2.44. The van der Waals surface area contributed by atoms with Crippen LogP contribution >= 0.6 is 0 Å². The molecule has 3 nitrogen and oxygen atoms in total. The van der Waals surface area contributed by atoms with Gasteiger partial charge in [-0.25, -0.2) is 4.39 Å². The lowest BCUT2D eigenvalue weighted by molar-refractivity contribution is 0.0167. The molecule has 0 heterocycles. The van der Waals surface area contributed by atoms with E-state index < -0.39 is 6.10 Å². The summed E-state index contributed by atoms with van der Waals surface area (Å²) < 4.78 is 18.9. The SMILES string of the molecule is C#CCOC[C@@H](O)CN(Cc1ccccc1F)[C@@H](C)CC. The molecule has 1 aromatic carbocycles. The molecule has 0 spiro atoms. The Kier molecular flexibility index (Phi) is 7.99. The number of benzene rings is 1. The van der Waals surface area contributed by atoms with Gasteiger partial charge in [-0.1, -0.05) is 31.0 Å². The predicted molar refractivity (Wildman–Crippen MR) is 82.2 cm³/mol. The molecular formula is C17H24FNO2. The molecule has 21 heavy (non-hydrogen) atoms. The van der Waals surface area contributed by atoms with E-state index >= 15 is 0 Å². The Labute approximate surface area is 126 Å². The van der Waals surface area contributed by atoms with Crippen LogP contribution in [0.15, 0.2) is 24.3 Å². The van der Waals surface area contributed by atoms with Crippen LogP contribution in [0.5, 0.6) is 0 Å². The van der Waals surface area contributed by atoms with Gasteiger partial charge in [0.15, 0.2) is 0 Å². The molecule has 4 heteroatoms. The summed E-state index contributed by atoms with van der Waals surface area (Å²) in [6.07, 6.45) is 5.38. The number of halogens is 1. The summed E-state index contributed by atoms with van der Waals surface area (Å²) in [7, 11) is 0. The minimum absolute atomic E-state index is 0.188. The van der Waals surface area contributed by atoms with Crippen molar-refractivity contribution in [2.45, 2.75) is 39.0 Å². The van der Waals surface area contributed by atoms with E-state index in [0.717, 1.165) is 6.42 Å². The van der Waals surface area contributed by atoms with Crippen LogP contribution in [0.2, 0.25) is 0 Å². The molecule has 0 amide bonds. The largest absolute Gasteiger partial charge is 0.389 e. The monoisotopic (exact) mass is 293 g/mol. The fourth-order valence-corrected chi connectivity index (χ4v) is 2.08. The van der Waals surface area contributed by atoms with Gasteiger partial charge in [0.05, 0.1) is 12.7 Å². The molecule has 0 saturated heterocycles. The van der Waals surface area contributed by atoms with E-state index in [2.05, 4.69) is 24.7 Å². The number of ether oxygens (including phenoxy) is 1. The highest BCUT2D eigenvalue weighted by Gasteiger charge is 2.18. The summed E-state index contributed by atoms with van der Waals surface area (Å²) in [5.41, 5.74) is 0.634. The fourth-order valence-electron chi connectivity index (χ4n) is 2.08. The Morgan fingerprint density at radius 1 is 1.43 bits per heavy atom. The molecule has 2 atom stereocenters. The molecule has 0 radical (unpaired) electrons. The highest BCUT2D eigenvalue weighted by atomic mass is 19.1. The minimum atomic E-state index is -0.640. The first-order chi connectivity index (χ1) is 10.1. The van der Waals surface area contributed by atoms with E-state index in [9.17, 15) is 9.50 Å². The van der Waals surface area contributed by atoms with Gasteiger partial charge < -0.3 is 9.84 Å². The van der Waals surface area contributed by atoms with Crippen molar-refractivity contribution in [3.8, 4) is 12.3 Å². The molecule has 0 fully saturated rings. The van der Waals surface area contributed by atoms with Gasteiger partial charge >= 0.3 is 0 Å². The van der Waals surface area contributed by atoms with Gasteiger partial charge in [-0.05, 0) is 19.4 Å². The Hall–Kier alpha value is -1.41. The zero-order chi connectivity index (χ0) is 15.7. The summed E-state index contributed by atoms with van der Waals surface area (Å²) in [5, 5.41) is 10.0. The number of nitrogens with zero attached hydrogens (tertiary/aromatic N) is 1. The van der Waals surface area contributed by atoms with Crippen LogP contribution in [0.1, 0.15) is 25.8 Å². The van der Waals surface area contributed by atoms with E-state index in [1.165, 1.54) is 6.07 Å². The van der Waals surface area contributed by atoms with E-state index in [1.807, 2.05) is 6.07 Å². The Bertz CT molecular complexity index is 458. The lowest BCUT2D eigenvalue weighted by Gasteiger charge is -2.30. The van der Waals surface area contributed by atoms with Gasteiger partial charge in [0.25, 0.3) is 0 Å². The molecule has 116 valence electrons. The van der Waals surface area contributed by atoms with E-state index in [-0.39, 0.29) is 25.1 Å². The van der Waals surface area contributed by atoms with Gasteiger partial charge in [-0.15, -0.1) is 6.42 Å². The quantitative estimate of drug-likeness (QED) is 0.561. The summed E-state index contributed by atoms with van der Waals surface area (Å²) in [4.78, 5) is 2.06. The number of hydrogen-bond donors (Lipinski definition) is 1. The van der Waals surface area contributed by atoms with Gasteiger partial charge in [0, 0.05) is 24.7 Å². The van der Waals surface area contributed by atoms with Gasteiger partial charge in [-0.2, -0.15) is 0 Å². The third-order valence-corrected chi connectivity index (χ3v) is 3.49. The second-order valence-corrected chi connectivity index (χ2v) is 5.15. The van der Waals surface area contributed by atoms with Crippen molar-refractivity contribution >= 4 is 0 Å². The third-order valence-electron chi connectivity index (χ3n) is 3.49. The maximum absolute atomic E-state index is 13.8. The smallest absolute Gasteiger partial charge is 0.127 e. The molecule has 0 aromatic heterocycles. The van der Waals surface area contributed by atoms with Crippen molar-refractivity contribution in [1.29, 1.82) is 0 Å². The molecule has 0 saturated carbocycles. The van der Waals surface area contributed by atoms with E-state index in [0.29, 0.717) is 18.7 Å². The van der Waals surface area contributed by atoms with Crippen LogP contribution in [0, 0.1) is 18.2 Å². The molecule has 1 aromatic rings. The van der Waals surface area contributed by atoms with E-state index in [1.54, 1.807) is 12.1 Å². The van der Waals surface area contributed by atoms with Crippen LogP contribution in [0.4, 0.5) is 4.39 Å². The first-order valence-corrected chi connectivity index (χ1v) is 7.25. The second kappa shape index (κ2) is 9.51. The Morgan fingerprint density at radius 3 is 2.76 bits per heavy atom. The number of rotatable bonds is 9. The first-order valence-electron chi connectivity index (χ1n) is 7.25. The zero-order valence-corrected chi connectivity index (χ0v) is 12.8. The average Bonchev–Trinajstić information content (AvgIpc) is 2.48. The number of aliphatic hydroxyl groups excluding tert-OH is 1. The Morgan fingerprint density at radius 2 is 2.14 bits per heavy atom. The van der Waals surface area contributed by atoms with Crippen molar-refractivity contribution in [3.63, 3.8) is 0 Å². The fraction of sp³-hybridized carbons (Fsp3) is 0.529. The lowest BCUT2D eigenvalue weighted by atomic mass is 10.1. The summed E-state index contributed by atoms with van der Waals surface area (Å²) in [6, 6.07) is 6.96. The van der Waals surface area contributed by atoms with Crippen LogP contribution in [-0.4, -0.2) is 41.9 Å². The van der Waals surface area contributed by atoms with Crippen LogP contribution in [-0.2, 0) is 11.3 Å². The van der Waals surface area contributed by atoms with Crippen LogP contribution < -0.4 is 0 Å². The van der Waals surface area contributed by atoms with Gasteiger partial charge in [0.1, 0.15) is 12.4 Å². The maximum atomic E-state index is 13.8. The molecular weight excluding hydrogens is 269 g/mol. The lowest BCUT2D eigenvalue weighted by Crippen LogP contribution is -2.40. The maximum Gasteiger partial charge on any atom is 0.127 e. The average molecular weight is 293 g/mol. The van der Waals surface area contributed by atoms with Crippen molar-refractivity contribution in [3.05, 3.63) is 35.6 Å². The van der Waals surface area contributed by atoms with Crippen molar-refractivity contribution in [1.82, 2.24) is 4.90 Å². The number of hydrogen-bond acceptors (Lipinski definition) is 3. The highest BCUT2D eigenvalue weighted by molar-refractivity contribution is 5.17. The molecule has 0 aliphatic heterocycles. The molecule has 0 unspecified atom stereocenters. The minimum Gasteiger partial charge on any atom is -0.389 e. The molecule has 0 aliphatic rings. The second-order valence-electron chi connectivity index (χ2n) is 5.15. The third kappa shape index (κ3) is 6.26. The summed E-state index contributed by atoms with van der Waals surface area (Å²) in [5.74, 6) is 2.14. The summed E-state index contributed by atoms with van der Waals surface area (Å²) >= 11 is 0. The molecule has 1 N–H and O–H groups in total. The van der Waals surface area contributed by atoms with Crippen molar-refractivity contribution < 1.29 is 14.2 Å². The Balaban J connectivity index is 2.64. The van der Waals surface area contributed by atoms with Crippen molar-refractivity contribution in [2.75, 3.05) is 19.8 Å². The number of terminal acetylenes is 1. The van der Waals surface area contributed by atoms with Crippen LogP contribution in [0.25, 0.3) is 0 Å². The summed E-state index contributed by atoms with van der Waals surface area (Å²) in [6.45, 7) is 5.40. The van der Waals surface area contributed by atoms with Gasteiger partial charge in [0.2, 0.25) is 0 Å². The van der Waals surface area contributed by atoms with Gasteiger partial charge in [-0.3, -0.25) is 4.90 Å². The number of aliphatic hydroxyl groups is 1. The standard InChI is InChI=1S/C17H24FNO2/c1-4-10-21-13-16(20)12-19(14(3)5-2)11-15-8-6-7-9-17(15)18/h1,6-9,14,16,20H,5,10-13H2,2-3H3/t14-,16-/m0/s1. The van der Waals surface area contributed by atoms with Crippen LogP contribution in [0.3, 0.4) is 0 Å². The normalized spacial score (nSPS) is 13.9. The topological polar surface area (TPSA) is 32.7 Å². The molecule has 0 bridgehead atoms. The zero-order valence-electron chi connectivity index (χ0n) is 12.8. The van der Waals surface area contributed by atoms with E-state index in [4.69, 9.17) is 11.2 Å². The molecule has 0 aliphatic carbocycles. The highest BCUT2D eigenvalue weighted by Crippen LogP contribution is 2.14. The molecule has 1 rings (SSSR count). The first kappa shape index (κ1) is 17.6.